The lowest BCUT2D eigenvalue weighted by molar-refractivity contribution is -0.148. The molecule has 0 atom stereocenters. The maximum Gasteiger partial charge on any atom is 0.309 e. The van der Waals surface area contributed by atoms with E-state index in [1.54, 1.807) is 0 Å². The molecule has 5 nitrogen and oxygen atoms in total. The molecule has 0 bridgehead atoms. The van der Waals surface area contributed by atoms with Gasteiger partial charge in [-0.2, -0.15) is 4.98 Å². The lowest BCUT2D eigenvalue weighted by Gasteiger charge is -2.29. The van der Waals surface area contributed by atoms with Gasteiger partial charge in [-0.15, -0.1) is 0 Å². The van der Waals surface area contributed by atoms with Gasteiger partial charge in [-0.1, -0.05) is 49.2 Å². The van der Waals surface area contributed by atoms with Crippen LogP contribution in [0.15, 0.2) is 40.8 Å². The summed E-state index contributed by atoms with van der Waals surface area (Å²) in [4.78, 5) is 18.6. The number of piperidine rings is 1. The van der Waals surface area contributed by atoms with Crippen LogP contribution in [-0.4, -0.2) is 30.6 Å². The SMILES string of the molecule is CC.CCOC(=O)C1CCN(c2nc3cc(Cl)c(-c4ccc(Cl)cc4)cc3o2)CC1. The summed E-state index contributed by atoms with van der Waals surface area (Å²) in [5, 5.41) is 1.28. The minimum Gasteiger partial charge on any atom is -0.466 e. The maximum absolute atomic E-state index is 11.9. The first-order valence-corrected chi connectivity index (χ1v) is 11.1. The van der Waals surface area contributed by atoms with Crippen molar-refractivity contribution in [1.82, 2.24) is 4.98 Å². The van der Waals surface area contributed by atoms with E-state index in [0.29, 0.717) is 46.9 Å². The van der Waals surface area contributed by atoms with E-state index >= 15 is 0 Å². The minimum atomic E-state index is -0.112. The highest BCUT2D eigenvalue weighted by atomic mass is 35.5. The molecule has 1 saturated heterocycles. The quantitative estimate of drug-likeness (QED) is 0.420. The third-order valence-electron chi connectivity index (χ3n) is 5.01. The van der Waals surface area contributed by atoms with Crippen LogP contribution in [0.5, 0.6) is 0 Å². The van der Waals surface area contributed by atoms with E-state index in [2.05, 4.69) is 9.88 Å². The largest absolute Gasteiger partial charge is 0.466 e. The first-order valence-electron chi connectivity index (χ1n) is 10.3. The molecule has 1 aromatic heterocycles. The van der Waals surface area contributed by atoms with Gasteiger partial charge < -0.3 is 14.1 Å². The van der Waals surface area contributed by atoms with Crippen LogP contribution in [0, 0.1) is 5.92 Å². The van der Waals surface area contributed by atoms with Crippen molar-refractivity contribution >= 4 is 46.3 Å². The second kappa shape index (κ2) is 10.2. The Hall–Kier alpha value is -2.24. The smallest absolute Gasteiger partial charge is 0.309 e. The fraction of sp³-hybridized carbons (Fsp3) is 0.391. The fourth-order valence-corrected chi connectivity index (χ4v) is 3.88. The van der Waals surface area contributed by atoms with E-state index in [1.807, 2.05) is 57.2 Å². The van der Waals surface area contributed by atoms with Crippen LogP contribution in [0.25, 0.3) is 22.2 Å². The average Bonchev–Trinajstić information content (AvgIpc) is 3.18. The van der Waals surface area contributed by atoms with Crippen molar-refractivity contribution in [2.24, 2.45) is 5.92 Å². The number of fused-ring (bicyclic) bond motifs is 1. The van der Waals surface area contributed by atoms with E-state index in [9.17, 15) is 4.79 Å². The first-order chi connectivity index (χ1) is 14.5. The van der Waals surface area contributed by atoms with E-state index in [-0.39, 0.29) is 11.9 Å². The summed E-state index contributed by atoms with van der Waals surface area (Å²) < 4.78 is 11.1. The maximum atomic E-state index is 11.9. The van der Waals surface area contributed by atoms with Crippen LogP contribution in [0.3, 0.4) is 0 Å². The van der Waals surface area contributed by atoms with Crippen molar-refractivity contribution in [2.45, 2.75) is 33.6 Å². The Morgan fingerprint density at radius 1 is 1.17 bits per heavy atom. The number of carbonyl (C=O) groups excluding carboxylic acids is 1. The number of aromatic nitrogens is 1. The molecule has 4 rings (SSSR count). The van der Waals surface area contributed by atoms with Gasteiger partial charge in [-0.3, -0.25) is 4.79 Å². The summed E-state index contributed by atoms with van der Waals surface area (Å²) in [6.07, 6.45) is 1.46. The molecule has 0 saturated carbocycles. The number of halogens is 2. The van der Waals surface area contributed by atoms with Crippen molar-refractivity contribution in [3.05, 3.63) is 46.4 Å². The molecule has 7 heteroatoms. The zero-order valence-electron chi connectivity index (χ0n) is 17.5. The molecule has 0 aliphatic carbocycles. The number of esters is 1. The molecule has 1 fully saturated rings. The first kappa shape index (κ1) is 22.4. The van der Waals surface area contributed by atoms with Crippen LogP contribution in [0.4, 0.5) is 6.01 Å². The molecule has 0 unspecified atom stereocenters. The van der Waals surface area contributed by atoms with Gasteiger partial charge in [0.1, 0.15) is 5.52 Å². The summed E-state index contributed by atoms with van der Waals surface area (Å²) >= 11 is 12.5. The normalized spacial score (nSPS) is 14.4. The van der Waals surface area contributed by atoms with Crippen molar-refractivity contribution < 1.29 is 13.9 Å². The zero-order chi connectivity index (χ0) is 21.7. The number of anilines is 1. The molecule has 3 aromatic rings. The Morgan fingerprint density at radius 3 is 2.47 bits per heavy atom. The van der Waals surface area contributed by atoms with Gasteiger partial charge in [0.15, 0.2) is 5.58 Å². The molecule has 1 aliphatic rings. The number of carbonyl (C=O) groups is 1. The topological polar surface area (TPSA) is 55.6 Å². The highest BCUT2D eigenvalue weighted by Gasteiger charge is 2.28. The summed E-state index contributed by atoms with van der Waals surface area (Å²) in [5.74, 6) is -0.161. The Morgan fingerprint density at radius 2 is 1.83 bits per heavy atom. The number of oxazole rings is 1. The Balaban J connectivity index is 0.00000124. The predicted molar refractivity (Wildman–Crippen MR) is 122 cm³/mol. The van der Waals surface area contributed by atoms with E-state index in [4.69, 9.17) is 32.4 Å². The molecule has 160 valence electrons. The van der Waals surface area contributed by atoms with E-state index < -0.39 is 0 Å². The van der Waals surface area contributed by atoms with Gasteiger partial charge in [-0.05, 0) is 49.6 Å². The van der Waals surface area contributed by atoms with Gasteiger partial charge in [-0.25, -0.2) is 0 Å². The lowest BCUT2D eigenvalue weighted by atomic mass is 9.97. The summed E-state index contributed by atoms with van der Waals surface area (Å²) in [6, 6.07) is 11.8. The zero-order valence-corrected chi connectivity index (χ0v) is 19.0. The van der Waals surface area contributed by atoms with Gasteiger partial charge in [0.2, 0.25) is 0 Å². The number of hydrogen-bond donors (Lipinski definition) is 0. The van der Waals surface area contributed by atoms with Gasteiger partial charge in [0.05, 0.1) is 17.5 Å². The highest BCUT2D eigenvalue weighted by Crippen LogP contribution is 2.35. The molecule has 1 aliphatic heterocycles. The molecule has 0 spiro atoms. The average molecular weight is 449 g/mol. The van der Waals surface area contributed by atoms with Crippen LogP contribution in [0.1, 0.15) is 33.6 Å². The highest BCUT2D eigenvalue weighted by molar-refractivity contribution is 6.34. The molecular formula is C23H26Cl2N2O3. The lowest BCUT2D eigenvalue weighted by Crippen LogP contribution is -2.37. The van der Waals surface area contributed by atoms with Crippen molar-refractivity contribution in [2.75, 3.05) is 24.6 Å². The number of hydrogen-bond acceptors (Lipinski definition) is 5. The summed E-state index contributed by atoms with van der Waals surface area (Å²) in [5.41, 5.74) is 3.22. The molecular weight excluding hydrogens is 423 g/mol. The van der Waals surface area contributed by atoms with E-state index in [0.717, 1.165) is 24.0 Å². The van der Waals surface area contributed by atoms with Gasteiger partial charge in [0.25, 0.3) is 6.01 Å². The second-order valence-electron chi connectivity index (χ2n) is 6.82. The van der Waals surface area contributed by atoms with Crippen molar-refractivity contribution in [1.29, 1.82) is 0 Å². The number of nitrogens with zero attached hydrogens (tertiary/aromatic N) is 2. The molecule has 2 heterocycles. The Labute approximate surface area is 186 Å². The van der Waals surface area contributed by atoms with Crippen molar-refractivity contribution in [3.8, 4) is 11.1 Å². The Bertz CT molecular complexity index is 994. The predicted octanol–water partition coefficient (Wildman–Crippen LogP) is 6.61. The van der Waals surface area contributed by atoms with Crippen LogP contribution >= 0.6 is 23.2 Å². The van der Waals surface area contributed by atoms with E-state index in [1.165, 1.54) is 0 Å². The Kier molecular flexibility index (Phi) is 7.62. The van der Waals surface area contributed by atoms with Crippen molar-refractivity contribution in [3.63, 3.8) is 0 Å². The molecule has 2 aromatic carbocycles. The molecule has 0 amide bonds. The third kappa shape index (κ3) is 4.90. The molecule has 30 heavy (non-hydrogen) atoms. The minimum absolute atomic E-state index is 0.0495. The van der Waals surface area contributed by atoms with Crippen LogP contribution in [-0.2, 0) is 9.53 Å². The van der Waals surface area contributed by atoms with Gasteiger partial charge >= 0.3 is 5.97 Å². The summed E-state index contributed by atoms with van der Waals surface area (Å²) in [7, 11) is 0. The molecule has 0 N–H and O–H groups in total. The third-order valence-corrected chi connectivity index (χ3v) is 5.57. The standard InChI is InChI=1S/C21H20Cl2N2O3.C2H6/c1-2-27-20(26)14-7-9-25(10-8-14)21-24-18-12-17(23)16(11-19(18)28-21)13-3-5-15(22)6-4-13;1-2/h3-6,11-12,14H,2,7-10H2,1H3;1-2H3. The number of ether oxygens (including phenoxy) is 1. The molecule has 0 radical (unpaired) electrons. The monoisotopic (exact) mass is 448 g/mol. The second-order valence-corrected chi connectivity index (χ2v) is 7.66. The number of benzene rings is 2. The van der Waals surface area contributed by atoms with Gasteiger partial charge in [0, 0.05) is 23.7 Å². The van der Waals surface area contributed by atoms with Crippen LogP contribution in [0.2, 0.25) is 10.0 Å². The summed E-state index contributed by atoms with van der Waals surface area (Å²) in [6.45, 7) is 7.65. The van der Waals surface area contributed by atoms with Crippen LogP contribution < -0.4 is 4.90 Å². The number of rotatable bonds is 4. The fourth-order valence-electron chi connectivity index (χ4n) is 3.49.